The van der Waals surface area contributed by atoms with Gasteiger partial charge >= 0.3 is 6.18 Å². The average Bonchev–Trinajstić information content (AvgIpc) is 2.35. The van der Waals surface area contributed by atoms with Crippen molar-refractivity contribution in [1.29, 1.82) is 0 Å². The van der Waals surface area contributed by atoms with Gasteiger partial charge in [0.2, 0.25) is 11.8 Å². The van der Waals surface area contributed by atoms with Crippen molar-refractivity contribution in [2.75, 3.05) is 26.7 Å². The van der Waals surface area contributed by atoms with Crippen LogP contribution >= 0.6 is 0 Å². The second-order valence-corrected chi connectivity index (χ2v) is 5.27. The smallest absolute Gasteiger partial charge is 0.345 e. The summed E-state index contributed by atoms with van der Waals surface area (Å²) in [6, 6.07) is 0. The zero-order chi connectivity index (χ0) is 15.4. The zero-order valence-corrected chi connectivity index (χ0v) is 11.6. The fourth-order valence-corrected chi connectivity index (χ4v) is 2.20. The molecule has 2 amide bonds. The number of alkyl halides is 3. The molecule has 1 aliphatic heterocycles. The molecule has 8 heteroatoms. The van der Waals surface area contributed by atoms with E-state index in [1.165, 1.54) is 7.05 Å². The Morgan fingerprint density at radius 1 is 1.35 bits per heavy atom. The molecule has 0 spiro atoms. The summed E-state index contributed by atoms with van der Waals surface area (Å²) in [5.74, 6) is -1.10. The first kappa shape index (κ1) is 16.7. The van der Waals surface area contributed by atoms with Crippen molar-refractivity contribution < 1.29 is 22.8 Å². The van der Waals surface area contributed by atoms with Crippen molar-refractivity contribution in [3.63, 3.8) is 0 Å². The second kappa shape index (κ2) is 6.43. The number of amides is 2. The van der Waals surface area contributed by atoms with E-state index in [0.29, 0.717) is 6.42 Å². The molecule has 0 aromatic carbocycles. The first-order valence-corrected chi connectivity index (χ1v) is 6.48. The Balaban J connectivity index is 2.47. The molecule has 0 saturated carbocycles. The van der Waals surface area contributed by atoms with Crippen molar-refractivity contribution in [1.82, 2.24) is 15.5 Å². The topological polar surface area (TPSA) is 61.4 Å². The summed E-state index contributed by atoms with van der Waals surface area (Å²) in [5.41, 5.74) is -0.739. The lowest BCUT2D eigenvalue weighted by Gasteiger charge is -2.36. The molecule has 1 atom stereocenters. The van der Waals surface area contributed by atoms with Crippen LogP contribution in [0.25, 0.3) is 0 Å². The van der Waals surface area contributed by atoms with E-state index in [4.69, 9.17) is 0 Å². The lowest BCUT2D eigenvalue weighted by molar-refractivity contribution is -0.144. The number of nitrogens with zero attached hydrogens (tertiary/aromatic N) is 1. The van der Waals surface area contributed by atoms with E-state index in [1.807, 2.05) is 0 Å². The summed E-state index contributed by atoms with van der Waals surface area (Å²) in [6.07, 6.45) is -1.91. The van der Waals surface area contributed by atoms with E-state index in [0.717, 1.165) is 24.3 Å². The van der Waals surface area contributed by atoms with Crippen LogP contribution in [0.3, 0.4) is 0 Å². The van der Waals surface area contributed by atoms with Gasteiger partial charge in [0.15, 0.2) is 0 Å². The SMILES string of the molecule is CN(CC(=O)NCC(F)(F)F)C(=O)C1(C)CCCCN1. The quantitative estimate of drug-likeness (QED) is 0.801. The molecule has 5 nitrogen and oxygen atoms in total. The predicted molar refractivity (Wildman–Crippen MR) is 67.0 cm³/mol. The molecule has 20 heavy (non-hydrogen) atoms. The summed E-state index contributed by atoms with van der Waals surface area (Å²) >= 11 is 0. The van der Waals surface area contributed by atoms with Crippen molar-refractivity contribution in [2.45, 2.75) is 37.9 Å². The van der Waals surface area contributed by atoms with Gasteiger partial charge in [0.05, 0.1) is 12.1 Å². The third kappa shape index (κ3) is 4.99. The van der Waals surface area contributed by atoms with E-state index >= 15 is 0 Å². The number of carbonyl (C=O) groups excluding carboxylic acids is 2. The maximum atomic E-state index is 12.2. The van der Waals surface area contributed by atoms with Crippen molar-refractivity contribution >= 4 is 11.8 Å². The Kier molecular flexibility index (Phi) is 5.38. The van der Waals surface area contributed by atoms with E-state index < -0.39 is 24.2 Å². The third-order valence-electron chi connectivity index (χ3n) is 3.30. The minimum atomic E-state index is -4.45. The summed E-state index contributed by atoms with van der Waals surface area (Å²) < 4.78 is 35.9. The molecule has 1 rings (SSSR count). The number of piperidine rings is 1. The number of carbonyl (C=O) groups is 2. The van der Waals surface area contributed by atoms with Crippen LogP contribution in [-0.4, -0.2) is 55.1 Å². The van der Waals surface area contributed by atoms with Gasteiger partial charge in [-0.1, -0.05) is 0 Å². The van der Waals surface area contributed by atoms with Gasteiger partial charge < -0.3 is 15.5 Å². The summed E-state index contributed by atoms with van der Waals surface area (Å²) in [6.45, 7) is 0.699. The number of likely N-dealkylation sites (N-methyl/N-ethyl adjacent to an activating group) is 1. The molecule has 0 aromatic rings. The number of rotatable bonds is 4. The largest absolute Gasteiger partial charge is 0.405 e. The lowest BCUT2D eigenvalue weighted by atomic mass is 9.89. The first-order chi connectivity index (χ1) is 9.14. The van der Waals surface area contributed by atoms with Gasteiger partial charge in [-0.25, -0.2) is 0 Å². The fraction of sp³-hybridized carbons (Fsp3) is 0.833. The Morgan fingerprint density at radius 2 is 2.00 bits per heavy atom. The van der Waals surface area contributed by atoms with Crippen LogP contribution in [0.4, 0.5) is 13.2 Å². The number of hydrogen-bond acceptors (Lipinski definition) is 3. The molecule has 0 bridgehead atoms. The van der Waals surface area contributed by atoms with Crippen LogP contribution in [0.15, 0.2) is 0 Å². The minimum absolute atomic E-state index is 0.278. The van der Waals surface area contributed by atoms with Gasteiger partial charge in [-0.15, -0.1) is 0 Å². The third-order valence-corrected chi connectivity index (χ3v) is 3.30. The summed E-state index contributed by atoms with van der Waals surface area (Å²) in [7, 11) is 1.41. The van der Waals surface area contributed by atoms with Crippen LogP contribution in [0.2, 0.25) is 0 Å². The van der Waals surface area contributed by atoms with Gasteiger partial charge in [0.1, 0.15) is 6.54 Å². The number of nitrogens with one attached hydrogen (secondary N) is 2. The van der Waals surface area contributed by atoms with E-state index in [2.05, 4.69) is 5.32 Å². The van der Waals surface area contributed by atoms with Crippen LogP contribution in [-0.2, 0) is 9.59 Å². The fourth-order valence-electron chi connectivity index (χ4n) is 2.20. The van der Waals surface area contributed by atoms with Gasteiger partial charge in [0, 0.05) is 7.05 Å². The first-order valence-electron chi connectivity index (χ1n) is 6.48. The predicted octanol–water partition coefficient (Wildman–Crippen LogP) is 0.655. The van der Waals surface area contributed by atoms with Crippen molar-refractivity contribution in [3.05, 3.63) is 0 Å². The lowest BCUT2D eigenvalue weighted by Crippen LogP contribution is -2.58. The maximum Gasteiger partial charge on any atom is 0.405 e. The normalized spacial score (nSPS) is 23.2. The number of hydrogen-bond donors (Lipinski definition) is 2. The minimum Gasteiger partial charge on any atom is -0.345 e. The van der Waals surface area contributed by atoms with Gasteiger partial charge in [0.25, 0.3) is 0 Å². The monoisotopic (exact) mass is 295 g/mol. The van der Waals surface area contributed by atoms with Crippen LogP contribution in [0.1, 0.15) is 26.2 Å². The molecule has 1 saturated heterocycles. The molecular formula is C12H20F3N3O2. The molecule has 1 aliphatic rings. The molecule has 116 valence electrons. The van der Waals surface area contributed by atoms with E-state index in [1.54, 1.807) is 12.2 Å². The average molecular weight is 295 g/mol. The standard InChI is InChI=1S/C12H20F3N3O2/c1-11(5-3-4-6-17-11)10(20)18(2)7-9(19)16-8-12(13,14)15/h17H,3-8H2,1-2H3,(H,16,19). The van der Waals surface area contributed by atoms with Crippen LogP contribution in [0, 0.1) is 0 Å². The highest BCUT2D eigenvalue weighted by Gasteiger charge is 2.37. The van der Waals surface area contributed by atoms with Gasteiger partial charge in [-0.05, 0) is 32.7 Å². The highest BCUT2D eigenvalue weighted by molar-refractivity contribution is 5.90. The number of halogens is 3. The van der Waals surface area contributed by atoms with E-state index in [-0.39, 0.29) is 12.5 Å². The molecule has 2 N–H and O–H groups in total. The van der Waals surface area contributed by atoms with E-state index in [9.17, 15) is 22.8 Å². The van der Waals surface area contributed by atoms with Crippen molar-refractivity contribution in [3.8, 4) is 0 Å². The molecule has 0 radical (unpaired) electrons. The Hall–Kier alpha value is -1.31. The summed E-state index contributed by atoms with van der Waals surface area (Å²) in [4.78, 5) is 24.7. The molecular weight excluding hydrogens is 275 g/mol. The molecule has 1 unspecified atom stereocenters. The Bertz CT molecular complexity index is 365. The van der Waals surface area contributed by atoms with Gasteiger partial charge in [-0.2, -0.15) is 13.2 Å². The molecule has 1 fully saturated rings. The molecule has 0 aromatic heterocycles. The molecule has 1 heterocycles. The van der Waals surface area contributed by atoms with Crippen molar-refractivity contribution in [2.24, 2.45) is 0 Å². The zero-order valence-electron chi connectivity index (χ0n) is 11.6. The highest BCUT2D eigenvalue weighted by atomic mass is 19.4. The van der Waals surface area contributed by atoms with Gasteiger partial charge in [-0.3, -0.25) is 9.59 Å². The van der Waals surface area contributed by atoms with Crippen LogP contribution < -0.4 is 10.6 Å². The second-order valence-electron chi connectivity index (χ2n) is 5.27. The highest BCUT2D eigenvalue weighted by Crippen LogP contribution is 2.20. The maximum absolute atomic E-state index is 12.2. The molecule has 0 aliphatic carbocycles. The Morgan fingerprint density at radius 3 is 2.50 bits per heavy atom. The van der Waals surface area contributed by atoms with Crippen LogP contribution in [0.5, 0.6) is 0 Å². The Labute approximate surface area is 115 Å². The summed E-state index contributed by atoms with van der Waals surface area (Å²) in [5, 5.41) is 4.85.